The molecular weight excluding hydrogens is 204 g/mol. The average molecular weight is 214 g/mol. The summed E-state index contributed by atoms with van der Waals surface area (Å²) in [7, 11) is 0. The van der Waals surface area contributed by atoms with Crippen molar-refractivity contribution in [3.63, 3.8) is 0 Å². The number of nitrogen functional groups attached to an aromatic ring is 1. The van der Waals surface area contributed by atoms with E-state index in [1.807, 2.05) is 36.4 Å². The van der Waals surface area contributed by atoms with E-state index in [9.17, 15) is 0 Å². The van der Waals surface area contributed by atoms with Crippen LogP contribution in [-0.2, 0) is 0 Å². The molecule has 0 aliphatic rings. The number of rotatable bonds is 3. The van der Waals surface area contributed by atoms with Crippen LogP contribution in [0.1, 0.15) is 5.56 Å². The number of aromatic nitrogens is 4. The van der Waals surface area contributed by atoms with Crippen LogP contribution in [0.4, 0.5) is 5.95 Å². The first kappa shape index (κ1) is 10.0. The summed E-state index contributed by atoms with van der Waals surface area (Å²) in [6.45, 7) is 0. The van der Waals surface area contributed by atoms with Gasteiger partial charge >= 0.3 is 0 Å². The van der Waals surface area contributed by atoms with E-state index in [1.54, 1.807) is 12.3 Å². The summed E-state index contributed by atoms with van der Waals surface area (Å²) in [5.41, 5.74) is 6.52. The second-order valence-electron chi connectivity index (χ2n) is 2.96. The van der Waals surface area contributed by atoms with Crippen LogP contribution >= 0.6 is 0 Å². The first-order valence-electron chi connectivity index (χ1n) is 4.66. The van der Waals surface area contributed by atoms with Crippen LogP contribution in [0.15, 0.2) is 41.5 Å². The van der Waals surface area contributed by atoms with E-state index in [1.165, 1.54) is 0 Å². The summed E-state index contributed by atoms with van der Waals surface area (Å²) in [5.74, 6) is 0.157. The van der Waals surface area contributed by atoms with Crippen molar-refractivity contribution in [1.29, 1.82) is 0 Å². The molecule has 0 radical (unpaired) electrons. The van der Waals surface area contributed by atoms with Gasteiger partial charge in [-0.25, -0.2) is 0 Å². The zero-order valence-corrected chi connectivity index (χ0v) is 8.43. The molecule has 1 heterocycles. The summed E-state index contributed by atoms with van der Waals surface area (Å²) in [4.78, 5) is 1.15. The second kappa shape index (κ2) is 4.83. The van der Waals surface area contributed by atoms with Crippen molar-refractivity contribution < 1.29 is 0 Å². The molecule has 0 spiro atoms. The molecule has 2 N–H and O–H groups in total. The van der Waals surface area contributed by atoms with Crippen molar-refractivity contribution >= 4 is 18.2 Å². The zero-order chi connectivity index (χ0) is 11.2. The minimum absolute atomic E-state index is 0.157. The van der Waals surface area contributed by atoms with Gasteiger partial charge in [0.25, 0.3) is 5.95 Å². The van der Waals surface area contributed by atoms with Crippen LogP contribution in [0, 0.1) is 0 Å². The molecule has 0 amide bonds. The maximum atomic E-state index is 5.42. The maximum Gasteiger partial charge on any atom is 0.263 e. The fourth-order valence-corrected chi connectivity index (χ4v) is 1.09. The van der Waals surface area contributed by atoms with Gasteiger partial charge in [-0.3, -0.25) is 0 Å². The van der Waals surface area contributed by atoms with Gasteiger partial charge in [0.1, 0.15) is 0 Å². The fourth-order valence-electron chi connectivity index (χ4n) is 1.09. The molecule has 0 fully saturated rings. The lowest BCUT2D eigenvalue weighted by molar-refractivity contribution is 0.700. The zero-order valence-electron chi connectivity index (χ0n) is 8.43. The van der Waals surface area contributed by atoms with Gasteiger partial charge in [0.2, 0.25) is 0 Å². The third-order valence-corrected chi connectivity index (χ3v) is 1.83. The first-order chi connectivity index (χ1) is 7.86. The Balaban J connectivity index is 2.00. The summed E-state index contributed by atoms with van der Waals surface area (Å²) >= 11 is 0. The Morgan fingerprint density at radius 3 is 2.75 bits per heavy atom. The number of hydrogen-bond donors (Lipinski definition) is 1. The maximum absolute atomic E-state index is 5.42. The smallest absolute Gasteiger partial charge is 0.263 e. The number of nitrogens with zero attached hydrogens (tertiary/aromatic N) is 5. The Morgan fingerprint density at radius 1 is 1.25 bits per heavy atom. The van der Waals surface area contributed by atoms with Crippen LogP contribution in [0.25, 0.3) is 6.08 Å². The highest BCUT2D eigenvalue weighted by molar-refractivity contribution is 5.78. The SMILES string of the molecule is Nc1nnnn1/N=C/C=C/c1ccccc1. The number of anilines is 1. The first-order valence-corrected chi connectivity index (χ1v) is 4.66. The molecule has 1 aromatic carbocycles. The van der Waals surface area contributed by atoms with E-state index < -0.39 is 0 Å². The molecule has 16 heavy (non-hydrogen) atoms. The monoisotopic (exact) mass is 214 g/mol. The average Bonchev–Trinajstić information content (AvgIpc) is 2.72. The lowest BCUT2D eigenvalue weighted by Crippen LogP contribution is -1.98. The summed E-state index contributed by atoms with van der Waals surface area (Å²) in [6.07, 6.45) is 5.28. The van der Waals surface area contributed by atoms with Gasteiger partial charge < -0.3 is 5.73 Å². The Morgan fingerprint density at radius 2 is 2.06 bits per heavy atom. The van der Waals surface area contributed by atoms with Gasteiger partial charge in [0.05, 0.1) is 0 Å². The lowest BCUT2D eigenvalue weighted by Gasteiger charge is -1.89. The standard InChI is InChI=1S/C10H10N6/c11-10-13-14-15-16(10)12-8-4-7-9-5-2-1-3-6-9/h1-8H,(H2,11,13,15)/b7-4+,12-8+. The van der Waals surface area contributed by atoms with Crippen molar-refractivity contribution in [3.05, 3.63) is 42.0 Å². The number of tetrazole rings is 1. The van der Waals surface area contributed by atoms with Crippen LogP contribution in [0.3, 0.4) is 0 Å². The van der Waals surface area contributed by atoms with E-state index in [4.69, 9.17) is 5.73 Å². The van der Waals surface area contributed by atoms with E-state index in [0.29, 0.717) is 0 Å². The quantitative estimate of drug-likeness (QED) is 0.766. The highest BCUT2D eigenvalue weighted by atomic mass is 15.7. The predicted molar refractivity (Wildman–Crippen MR) is 61.6 cm³/mol. The molecule has 0 aliphatic heterocycles. The van der Waals surface area contributed by atoms with Gasteiger partial charge in [0, 0.05) is 6.21 Å². The molecule has 2 aromatic rings. The topological polar surface area (TPSA) is 82.0 Å². The number of allylic oxidation sites excluding steroid dienone is 1. The molecule has 0 saturated carbocycles. The van der Waals surface area contributed by atoms with E-state index >= 15 is 0 Å². The van der Waals surface area contributed by atoms with Crippen LogP contribution < -0.4 is 5.73 Å². The Bertz CT molecular complexity index is 499. The third kappa shape index (κ3) is 2.50. The van der Waals surface area contributed by atoms with Crippen molar-refractivity contribution in [2.45, 2.75) is 0 Å². The molecule has 1 aromatic heterocycles. The molecule has 0 atom stereocenters. The van der Waals surface area contributed by atoms with Crippen molar-refractivity contribution in [2.75, 3.05) is 5.73 Å². The third-order valence-electron chi connectivity index (χ3n) is 1.83. The number of benzene rings is 1. The van der Waals surface area contributed by atoms with Crippen LogP contribution in [-0.4, -0.2) is 26.5 Å². The van der Waals surface area contributed by atoms with Crippen molar-refractivity contribution in [1.82, 2.24) is 20.3 Å². The van der Waals surface area contributed by atoms with Gasteiger partial charge in [-0.1, -0.05) is 46.3 Å². The summed E-state index contributed by atoms with van der Waals surface area (Å²) in [5, 5.41) is 14.3. The summed E-state index contributed by atoms with van der Waals surface area (Å²) in [6, 6.07) is 9.89. The Kier molecular flexibility index (Phi) is 3.03. The Hall–Kier alpha value is -2.50. The van der Waals surface area contributed by atoms with Crippen LogP contribution in [0.2, 0.25) is 0 Å². The molecule has 6 heteroatoms. The van der Waals surface area contributed by atoms with E-state index in [-0.39, 0.29) is 5.95 Å². The normalized spacial score (nSPS) is 11.5. The molecule has 6 nitrogen and oxygen atoms in total. The van der Waals surface area contributed by atoms with Gasteiger partial charge in [0.15, 0.2) is 0 Å². The van der Waals surface area contributed by atoms with Crippen LogP contribution in [0.5, 0.6) is 0 Å². The second-order valence-corrected chi connectivity index (χ2v) is 2.96. The largest absolute Gasteiger partial charge is 0.365 e. The lowest BCUT2D eigenvalue weighted by atomic mass is 10.2. The van der Waals surface area contributed by atoms with Gasteiger partial charge in [-0.2, -0.15) is 5.10 Å². The highest BCUT2D eigenvalue weighted by Gasteiger charge is 1.94. The number of nitrogens with two attached hydrogens (primary N) is 1. The summed E-state index contributed by atoms with van der Waals surface area (Å²) < 4.78 is 0. The minimum atomic E-state index is 0.157. The molecule has 0 saturated heterocycles. The molecule has 2 rings (SSSR count). The molecule has 80 valence electrons. The molecule has 0 unspecified atom stereocenters. The van der Waals surface area contributed by atoms with Crippen molar-refractivity contribution in [3.8, 4) is 0 Å². The van der Waals surface area contributed by atoms with Gasteiger partial charge in [-0.15, -0.1) is 0 Å². The van der Waals surface area contributed by atoms with Crippen molar-refractivity contribution in [2.24, 2.45) is 5.10 Å². The molecule has 0 bridgehead atoms. The fraction of sp³-hybridized carbons (Fsp3) is 0. The van der Waals surface area contributed by atoms with E-state index in [2.05, 4.69) is 20.6 Å². The molecule has 0 aliphatic carbocycles. The number of hydrogen-bond acceptors (Lipinski definition) is 5. The molecular formula is C10H10N6. The Labute approximate surface area is 92.1 Å². The highest BCUT2D eigenvalue weighted by Crippen LogP contribution is 1.99. The van der Waals surface area contributed by atoms with Gasteiger partial charge in [-0.05, 0) is 22.1 Å². The minimum Gasteiger partial charge on any atom is -0.365 e. The predicted octanol–water partition coefficient (Wildman–Crippen LogP) is 0.803. The van der Waals surface area contributed by atoms with E-state index in [0.717, 1.165) is 10.4 Å².